The van der Waals surface area contributed by atoms with Crippen LogP contribution in [0.5, 0.6) is 11.5 Å². The molecule has 38 heavy (non-hydrogen) atoms. The van der Waals surface area contributed by atoms with Crippen molar-refractivity contribution >= 4 is 29.2 Å². The Morgan fingerprint density at radius 1 is 1.13 bits per heavy atom. The summed E-state index contributed by atoms with van der Waals surface area (Å²) in [5, 5.41) is 11.3. The largest absolute Gasteiger partial charge is 0.493 e. The summed E-state index contributed by atoms with van der Waals surface area (Å²) in [6.45, 7) is 7.24. The molecule has 2 aromatic carbocycles. The molecule has 2 aliphatic heterocycles. The number of ketones is 1. The predicted molar refractivity (Wildman–Crippen MR) is 142 cm³/mol. The van der Waals surface area contributed by atoms with Crippen molar-refractivity contribution in [3.63, 3.8) is 0 Å². The topological polar surface area (TPSA) is 121 Å². The molecule has 1 amide bonds. The van der Waals surface area contributed by atoms with Gasteiger partial charge in [0, 0.05) is 31.3 Å². The van der Waals surface area contributed by atoms with Crippen molar-refractivity contribution in [1.29, 1.82) is 5.41 Å². The molecular formula is C28H34N4O6. The number of Topliss-reactive ketones (excluding diaryl/α,β-unsaturated/α-hetero) is 1. The van der Waals surface area contributed by atoms with Gasteiger partial charge in [-0.15, -0.1) is 0 Å². The first-order chi connectivity index (χ1) is 18.3. The number of amides is 1. The molecule has 0 bridgehead atoms. The van der Waals surface area contributed by atoms with Crippen LogP contribution >= 0.6 is 0 Å². The Hall–Kier alpha value is -4.08. The Kier molecular flexibility index (Phi) is 8.19. The minimum atomic E-state index is -0.878. The second-order valence-electron chi connectivity index (χ2n) is 9.10. The Morgan fingerprint density at radius 3 is 2.61 bits per heavy atom. The number of hydrogen-bond acceptors (Lipinski definition) is 8. The summed E-state index contributed by atoms with van der Waals surface area (Å²) in [6.07, 6.45) is 0.906. The van der Waals surface area contributed by atoms with Crippen molar-refractivity contribution < 1.29 is 28.6 Å². The summed E-state index contributed by atoms with van der Waals surface area (Å²) in [6, 6.07) is 8.55. The molecule has 0 fully saturated rings. The van der Waals surface area contributed by atoms with Crippen LogP contribution in [0.1, 0.15) is 65.5 Å². The maximum atomic E-state index is 13.3. The van der Waals surface area contributed by atoms with E-state index in [1.165, 1.54) is 0 Å². The number of nitrogens with one attached hydrogen (secondary N) is 2. The van der Waals surface area contributed by atoms with Gasteiger partial charge in [-0.1, -0.05) is 13.3 Å². The predicted octanol–water partition coefficient (Wildman–Crippen LogP) is 3.36. The van der Waals surface area contributed by atoms with Crippen molar-refractivity contribution in [3.05, 3.63) is 52.6 Å². The van der Waals surface area contributed by atoms with Crippen LogP contribution < -0.4 is 19.7 Å². The van der Waals surface area contributed by atoms with Crippen LogP contribution in [-0.4, -0.2) is 68.0 Å². The number of amidine groups is 1. The number of nitrogens with zero attached hydrogens (tertiary/aromatic N) is 2. The molecule has 2 aliphatic rings. The van der Waals surface area contributed by atoms with Crippen molar-refractivity contribution in [1.82, 2.24) is 10.2 Å². The van der Waals surface area contributed by atoms with Gasteiger partial charge in [-0.05, 0) is 56.2 Å². The normalized spacial score (nSPS) is 15.6. The first-order valence-corrected chi connectivity index (χ1v) is 13.0. The molecule has 2 aromatic rings. The molecule has 0 spiro atoms. The van der Waals surface area contributed by atoms with Crippen LogP contribution in [0.15, 0.2) is 30.3 Å². The molecule has 0 aliphatic carbocycles. The van der Waals surface area contributed by atoms with Gasteiger partial charge in [0.15, 0.2) is 5.78 Å². The summed E-state index contributed by atoms with van der Waals surface area (Å²) >= 11 is 0. The average molecular weight is 523 g/mol. The lowest BCUT2D eigenvalue weighted by Crippen LogP contribution is -2.43. The van der Waals surface area contributed by atoms with Gasteiger partial charge in [0.25, 0.3) is 12.1 Å². The molecule has 1 atom stereocenters. The van der Waals surface area contributed by atoms with E-state index in [1.54, 1.807) is 49.2 Å². The van der Waals surface area contributed by atoms with E-state index in [-0.39, 0.29) is 30.7 Å². The highest BCUT2D eigenvalue weighted by Crippen LogP contribution is 2.39. The Bertz CT molecular complexity index is 1260. The van der Waals surface area contributed by atoms with Gasteiger partial charge < -0.3 is 29.3 Å². The van der Waals surface area contributed by atoms with E-state index in [1.807, 2.05) is 11.8 Å². The van der Waals surface area contributed by atoms with Gasteiger partial charge >= 0.3 is 5.97 Å². The number of anilines is 1. The van der Waals surface area contributed by atoms with E-state index in [4.69, 9.17) is 19.6 Å². The molecule has 202 valence electrons. The molecular weight excluding hydrogens is 488 g/mol. The van der Waals surface area contributed by atoms with Gasteiger partial charge in [0.05, 0.1) is 31.0 Å². The first kappa shape index (κ1) is 27.0. The van der Waals surface area contributed by atoms with Crippen LogP contribution in [-0.2, 0) is 16.1 Å². The molecule has 0 aromatic heterocycles. The van der Waals surface area contributed by atoms with Crippen LogP contribution in [0, 0.1) is 5.41 Å². The fourth-order valence-corrected chi connectivity index (χ4v) is 4.70. The summed E-state index contributed by atoms with van der Waals surface area (Å²) < 4.78 is 16.7. The molecule has 10 heteroatoms. The van der Waals surface area contributed by atoms with Crippen molar-refractivity contribution in [2.24, 2.45) is 0 Å². The lowest BCUT2D eigenvalue weighted by molar-refractivity contribution is -0.150. The molecule has 2 N–H and O–H groups in total. The molecule has 0 radical (unpaired) electrons. The fourth-order valence-electron chi connectivity index (χ4n) is 4.70. The van der Waals surface area contributed by atoms with E-state index in [2.05, 4.69) is 12.2 Å². The molecule has 0 saturated carbocycles. The van der Waals surface area contributed by atoms with Crippen molar-refractivity contribution in [3.8, 4) is 11.5 Å². The lowest BCUT2D eigenvalue weighted by Gasteiger charge is -2.23. The minimum absolute atomic E-state index is 0.0112. The summed E-state index contributed by atoms with van der Waals surface area (Å²) in [4.78, 5) is 41.8. The minimum Gasteiger partial charge on any atom is -0.493 e. The fraction of sp³-hybridized carbons (Fsp3) is 0.429. The molecule has 4 rings (SSSR count). The Balaban J connectivity index is 1.54. The molecule has 1 unspecified atom stereocenters. The number of esters is 1. The van der Waals surface area contributed by atoms with E-state index in [0.717, 1.165) is 18.4 Å². The van der Waals surface area contributed by atoms with Crippen LogP contribution in [0.4, 0.5) is 5.69 Å². The SMILES string of the molecule is CCCCN1c2cc(C(=O)CN3Cc4cc(OCC)c(C(=O)NC)cc4C3=N)ccc2OC1C(=O)OCC. The van der Waals surface area contributed by atoms with Gasteiger partial charge in [-0.2, -0.15) is 0 Å². The summed E-state index contributed by atoms with van der Waals surface area (Å²) in [5.74, 6) is 0.233. The number of fused-ring (bicyclic) bond motifs is 2. The van der Waals surface area contributed by atoms with E-state index in [0.29, 0.717) is 53.6 Å². The third kappa shape index (κ3) is 5.16. The number of benzene rings is 2. The van der Waals surface area contributed by atoms with Crippen LogP contribution in [0.2, 0.25) is 0 Å². The summed E-state index contributed by atoms with van der Waals surface area (Å²) in [5.41, 5.74) is 2.92. The molecule has 2 heterocycles. The van der Waals surface area contributed by atoms with Gasteiger partial charge in [-0.25, -0.2) is 4.79 Å². The monoisotopic (exact) mass is 522 g/mol. The maximum absolute atomic E-state index is 13.3. The second-order valence-corrected chi connectivity index (χ2v) is 9.10. The van der Waals surface area contributed by atoms with Gasteiger partial charge in [-0.3, -0.25) is 15.0 Å². The zero-order chi connectivity index (χ0) is 27.4. The van der Waals surface area contributed by atoms with E-state index >= 15 is 0 Å². The molecule has 10 nitrogen and oxygen atoms in total. The zero-order valence-corrected chi connectivity index (χ0v) is 22.3. The van der Waals surface area contributed by atoms with Gasteiger partial charge in [0.1, 0.15) is 17.3 Å². The number of carbonyl (C=O) groups is 3. The molecule has 0 saturated heterocycles. The number of ether oxygens (including phenoxy) is 3. The number of carbonyl (C=O) groups excluding carboxylic acids is 3. The number of hydrogen-bond donors (Lipinski definition) is 2. The second kappa shape index (κ2) is 11.5. The van der Waals surface area contributed by atoms with Crippen LogP contribution in [0.25, 0.3) is 0 Å². The highest BCUT2D eigenvalue weighted by Gasteiger charge is 2.38. The Labute approximate surface area is 222 Å². The average Bonchev–Trinajstić information content (AvgIpc) is 3.43. The highest BCUT2D eigenvalue weighted by molar-refractivity contribution is 6.08. The van der Waals surface area contributed by atoms with E-state index < -0.39 is 12.2 Å². The van der Waals surface area contributed by atoms with E-state index in [9.17, 15) is 14.4 Å². The van der Waals surface area contributed by atoms with Crippen LogP contribution in [0.3, 0.4) is 0 Å². The smallest absolute Gasteiger partial charge is 0.369 e. The number of unbranched alkanes of at least 4 members (excludes halogenated alkanes) is 1. The highest BCUT2D eigenvalue weighted by atomic mass is 16.6. The number of rotatable bonds is 11. The zero-order valence-electron chi connectivity index (χ0n) is 22.3. The third-order valence-corrected chi connectivity index (χ3v) is 6.60. The lowest BCUT2D eigenvalue weighted by atomic mass is 10.0. The van der Waals surface area contributed by atoms with Crippen molar-refractivity contribution in [2.45, 2.75) is 46.4 Å². The Morgan fingerprint density at radius 2 is 1.92 bits per heavy atom. The third-order valence-electron chi connectivity index (χ3n) is 6.60. The first-order valence-electron chi connectivity index (χ1n) is 13.0. The summed E-state index contributed by atoms with van der Waals surface area (Å²) in [7, 11) is 1.54. The standard InChI is InChI=1S/C28H34N4O6/c1-5-8-11-32-21-12-17(9-10-23(21)38-27(32)28(35)37-7-3)22(33)16-31-15-18-13-24(36-6-2)20(26(34)30-4)14-19(18)25(31)29/h9-10,12-14,27,29H,5-8,11,15-16H2,1-4H3,(H,30,34). The maximum Gasteiger partial charge on any atom is 0.369 e. The van der Waals surface area contributed by atoms with Gasteiger partial charge in [0.2, 0.25) is 0 Å². The van der Waals surface area contributed by atoms with Crippen molar-refractivity contribution in [2.75, 3.05) is 38.3 Å². The quantitative estimate of drug-likeness (QED) is 0.340.